The van der Waals surface area contributed by atoms with Crippen LogP contribution in [0.1, 0.15) is 168 Å². The second-order valence-electron chi connectivity index (χ2n) is 24.0. The van der Waals surface area contributed by atoms with Crippen LogP contribution < -0.4 is 46.8 Å². The lowest BCUT2D eigenvalue weighted by Gasteiger charge is -2.36. The molecule has 1 saturated heterocycles. The summed E-state index contributed by atoms with van der Waals surface area (Å²) in [5.74, 6) is -1.04. The predicted octanol–water partition coefficient (Wildman–Crippen LogP) is 8.01. The van der Waals surface area contributed by atoms with E-state index in [2.05, 4.69) is 61.5 Å². The molecule has 0 spiro atoms. The van der Waals surface area contributed by atoms with E-state index in [-0.39, 0.29) is 99.3 Å². The molecule has 25 heteroatoms. The highest BCUT2D eigenvalue weighted by atomic mass is 35.5. The molecule has 0 aromatic carbocycles. The van der Waals surface area contributed by atoms with Crippen molar-refractivity contribution in [3.63, 3.8) is 0 Å². The maximum absolute atomic E-state index is 15.1. The number of aryl methyl sites for hydroxylation is 3. The smallest absolute Gasteiger partial charge is 0.256 e. The Balaban J connectivity index is 1.01. The van der Waals surface area contributed by atoms with Gasteiger partial charge in [-0.3, -0.25) is 33.7 Å². The van der Waals surface area contributed by atoms with Crippen molar-refractivity contribution in [3.05, 3.63) is 187 Å². The zero-order valence-corrected chi connectivity index (χ0v) is 54.8. The van der Waals surface area contributed by atoms with Crippen molar-refractivity contribution in [2.45, 2.75) is 118 Å². The number of hydrogen-bond acceptors (Lipinski definition) is 15. The first-order chi connectivity index (χ1) is 43.4. The van der Waals surface area contributed by atoms with Crippen LogP contribution in [-0.4, -0.2) is 127 Å². The van der Waals surface area contributed by atoms with E-state index in [4.69, 9.17) is 45.8 Å². The first kappa shape index (κ1) is 64.9. The topological polar surface area (TPSA) is 281 Å². The van der Waals surface area contributed by atoms with Crippen molar-refractivity contribution in [2.24, 2.45) is 5.92 Å². The number of H-pyrrole nitrogens is 3. The summed E-state index contributed by atoms with van der Waals surface area (Å²) in [5, 5.41) is 24.1. The van der Waals surface area contributed by atoms with Gasteiger partial charge in [-0.1, -0.05) is 18.5 Å². The highest BCUT2D eigenvalue weighted by molar-refractivity contribution is 6.36. The highest BCUT2D eigenvalue weighted by Gasteiger charge is 2.39. The number of methoxy groups -OCH3 is 3. The van der Waals surface area contributed by atoms with Gasteiger partial charge in [0, 0.05) is 59.8 Å². The fraction of sp³-hybridized carbons (Fsp3) is 0.409. The quantitative estimate of drug-likeness (QED) is 0.0397. The summed E-state index contributed by atoms with van der Waals surface area (Å²) >= 11 is 7.37. The van der Waals surface area contributed by atoms with Gasteiger partial charge < -0.3 is 54.7 Å². The van der Waals surface area contributed by atoms with Gasteiger partial charge in [0.1, 0.15) is 17.2 Å². The van der Waals surface area contributed by atoms with Crippen LogP contribution in [0.5, 0.6) is 17.2 Å². The van der Waals surface area contributed by atoms with Gasteiger partial charge in [0.15, 0.2) is 0 Å². The summed E-state index contributed by atoms with van der Waals surface area (Å²) in [6.45, 7) is 17.7. The summed E-state index contributed by atoms with van der Waals surface area (Å²) in [4.78, 5) is 96.0. The third-order valence-electron chi connectivity index (χ3n) is 18.4. The van der Waals surface area contributed by atoms with Gasteiger partial charge in [0.05, 0.1) is 132 Å². The monoisotopic (exact) mass is 1260 g/mol. The van der Waals surface area contributed by atoms with Crippen molar-refractivity contribution in [3.8, 4) is 17.2 Å². The molecule has 6 N–H and O–H groups in total. The zero-order chi connectivity index (χ0) is 65.6. The van der Waals surface area contributed by atoms with Crippen LogP contribution in [0.25, 0.3) is 16.6 Å². The average molecular weight is 1260 g/mol. The number of pyridine rings is 3. The van der Waals surface area contributed by atoms with E-state index < -0.39 is 17.9 Å². The van der Waals surface area contributed by atoms with Crippen LogP contribution in [-0.2, 0) is 24.4 Å². The number of hydrogen-bond donors (Lipinski definition) is 6. The lowest BCUT2D eigenvalue weighted by Crippen LogP contribution is -2.30. The van der Waals surface area contributed by atoms with Gasteiger partial charge in [-0.15, -0.1) is 0 Å². The number of ether oxygens (including phenoxy) is 4. The summed E-state index contributed by atoms with van der Waals surface area (Å²) in [5.41, 5.74) is 9.24. The Labute approximate surface area is 530 Å². The Morgan fingerprint density at radius 1 is 0.626 bits per heavy atom. The molecular weight excluding hydrogens is 1180 g/mol. The molecule has 0 radical (unpaired) electrons. The number of nitrogens with one attached hydrogen (secondary N) is 6. The first-order valence-electron chi connectivity index (χ1n) is 30.2. The van der Waals surface area contributed by atoms with E-state index in [1.54, 1.807) is 66.3 Å². The van der Waals surface area contributed by atoms with Gasteiger partial charge in [0.25, 0.3) is 34.4 Å². The van der Waals surface area contributed by atoms with Gasteiger partial charge >= 0.3 is 0 Å². The van der Waals surface area contributed by atoms with Gasteiger partial charge in [-0.2, -0.15) is 15.3 Å². The molecule has 9 aromatic heterocycles. The molecule has 9 aromatic rings. The third kappa shape index (κ3) is 12.1. The minimum atomic E-state index is -0.498. The number of fused-ring (bicyclic) bond motifs is 3. The van der Waals surface area contributed by atoms with Crippen LogP contribution >= 0.6 is 11.6 Å². The minimum absolute atomic E-state index is 0.0806. The number of amides is 3. The molecule has 0 bridgehead atoms. The van der Waals surface area contributed by atoms with Gasteiger partial charge in [0.2, 0.25) is 0 Å². The number of carbonyl (C=O) groups excluding carboxylic acids is 3. The minimum Gasteiger partial charge on any atom is -0.496 e. The van der Waals surface area contributed by atoms with E-state index in [9.17, 15) is 24.0 Å². The number of aromatic amines is 3. The molecule has 6 unspecified atom stereocenters. The number of nitrogens with zero attached hydrogens (tertiary/aromatic N) is 8. The Morgan fingerprint density at radius 2 is 1.09 bits per heavy atom. The second-order valence-corrected chi connectivity index (χ2v) is 24.3. The Bertz CT molecular complexity index is 4500. The van der Waals surface area contributed by atoms with Crippen molar-refractivity contribution in [2.75, 3.05) is 55.7 Å². The number of halogens is 1. The number of rotatable bonds is 21. The number of aromatic nitrogens is 9. The van der Waals surface area contributed by atoms with E-state index in [1.165, 1.54) is 21.3 Å². The van der Waals surface area contributed by atoms with Crippen LogP contribution in [0.15, 0.2) is 75.4 Å². The highest BCUT2D eigenvalue weighted by Crippen LogP contribution is 2.46. The standard InChI is InChI=1S/C66H79ClN14O10/c1-32-21-51(88-13)44(61(82)74-32)28-68-64(85)54-36(5)58(39(8)77(10)11)80-49(54)24-41(26-72-80)38(7)78(12)40(9)59-37(6)55(65(86)69-29-45-52(89-14)22-33(2)75-62(45)83)50-25-42(27-73-81(50)59)47-31-91-20-18-43(47)35(4)60-57(67)56(48-17-16-19-71-79(48)60)66(87)70-30-46-53(90-15)23-34(3)76-63(46)84/h16-17,19,21-27,35,38-40,43,47H,18,20,28-31H2,1-15H3,(H,68,85)(H,69,86)(H,70,87)(H,74,82)(H,75,83)(H,76,84). The van der Waals surface area contributed by atoms with E-state index >= 15 is 4.79 Å². The molecule has 1 aliphatic heterocycles. The van der Waals surface area contributed by atoms with E-state index in [0.717, 1.165) is 28.1 Å². The number of carbonyl (C=O) groups is 3. The molecule has 1 aliphatic rings. The SMILES string of the molecule is COc1cc(C)[nH]c(=O)c1CNC(=O)c1c(Cl)c(C(C)C2CCOCC2c2cnn3c(C(C)N(C)C(C)c4cnn5c(C(C)N(C)C)c(C)c(C(=O)NCc6c(OC)cc(C)[nH]c6=O)c5c4)c(C)c(C(=O)NCc4c(OC)cc(C)[nH]c4=O)c3c2)n2ncccc12. The van der Waals surface area contributed by atoms with Crippen molar-refractivity contribution < 1.29 is 33.3 Å². The van der Waals surface area contributed by atoms with E-state index in [0.29, 0.717) is 92.9 Å². The molecule has 10 rings (SSSR count). The second kappa shape index (κ2) is 26.4. The average Bonchev–Trinajstić information content (AvgIpc) is 1.64. The summed E-state index contributed by atoms with van der Waals surface area (Å²) in [7, 11) is 10.3. The summed E-state index contributed by atoms with van der Waals surface area (Å²) in [6.07, 6.45) is 5.86. The Morgan fingerprint density at radius 3 is 1.58 bits per heavy atom. The van der Waals surface area contributed by atoms with E-state index in [1.807, 2.05) is 71.0 Å². The Kier molecular flexibility index (Phi) is 18.8. The molecule has 3 amide bonds. The molecule has 1 fully saturated rings. The third-order valence-corrected chi connectivity index (χ3v) is 18.7. The maximum Gasteiger partial charge on any atom is 0.256 e. The van der Waals surface area contributed by atoms with Gasteiger partial charge in [-0.05, 0) is 154 Å². The molecule has 91 heavy (non-hydrogen) atoms. The van der Waals surface area contributed by atoms with Crippen molar-refractivity contribution >= 4 is 45.9 Å². The van der Waals surface area contributed by atoms with Crippen LogP contribution in [0.4, 0.5) is 0 Å². The summed E-state index contributed by atoms with van der Waals surface area (Å²) in [6, 6.07) is 11.7. The fourth-order valence-electron chi connectivity index (χ4n) is 13.1. The van der Waals surface area contributed by atoms with Crippen LogP contribution in [0.2, 0.25) is 5.02 Å². The summed E-state index contributed by atoms with van der Waals surface area (Å²) < 4.78 is 28.2. The molecular formula is C66H79ClN14O10. The van der Waals surface area contributed by atoms with Crippen LogP contribution in [0, 0.1) is 40.5 Å². The fourth-order valence-corrected chi connectivity index (χ4v) is 13.5. The van der Waals surface area contributed by atoms with Crippen LogP contribution in [0.3, 0.4) is 0 Å². The zero-order valence-electron chi connectivity index (χ0n) is 54.0. The molecule has 10 heterocycles. The maximum atomic E-state index is 15.1. The van der Waals surface area contributed by atoms with Crippen molar-refractivity contribution in [1.29, 1.82) is 0 Å². The molecule has 6 atom stereocenters. The lowest BCUT2D eigenvalue weighted by atomic mass is 9.75. The largest absolute Gasteiger partial charge is 0.496 e. The van der Waals surface area contributed by atoms with Gasteiger partial charge in [-0.25, -0.2) is 13.5 Å². The molecule has 0 aliphatic carbocycles. The predicted molar refractivity (Wildman–Crippen MR) is 345 cm³/mol. The molecule has 480 valence electrons. The van der Waals surface area contributed by atoms with Crippen molar-refractivity contribution in [1.82, 2.24) is 69.5 Å². The Hall–Kier alpha value is -9.10. The molecule has 0 saturated carbocycles. The normalized spacial score (nSPS) is 15.7. The lowest BCUT2D eigenvalue weighted by molar-refractivity contribution is 0.0389. The first-order valence-corrected chi connectivity index (χ1v) is 30.6. The molecule has 24 nitrogen and oxygen atoms in total.